The van der Waals surface area contributed by atoms with Gasteiger partial charge in [0.05, 0.1) is 12.7 Å². The molecule has 0 amide bonds. The second-order valence-electron chi connectivity index (χ2n) is 5.92. The number of nitrogens with one attached hydrogen (secondary N) is 2. The zero-order valence-electron chi connectivity index (χ0n) is 12.3. The Bertz CT molecular complexity index is 578. The van der Waals surface area contributed by atoms with Gasteiger partial charge in [-0.2, -0.15) is 0 Å². The fourth-order valence-corrected chi connectivity index (χ4v) is 4.45. The van der Waals surface area contributed by atoms with Crippen molar-refractivity contribution in [2.45, 2.75) is 45.1 Å². The van der Waals surface area contributed by atoms with Crippen LogP contribution in [0.2, 0.25) is 0 Å². The summed E-state index contributed by atoms with van der Waals surface area (Å²) in [4.78, 5) is 13.4. The first-order chi connectivity index (χ1) is 10.1. The van der Waals surface area contributed by atoms with Crippen molar-refractivity contribution in [1.29, 1.82) is 0 Å². The number of ether oxygens (including phenoxy) is 1. The van der Waals surface area contributed by atoms with Gasteiger partial charge in [0.2, 0.25) is 0 Å². The van der Waals surface area contributed by atoms with Crippen LogP contribution < -0.4 is 10.6 Å². The minimum Gasteiger partial charge on any atom is -0.465 e. The van der Waals surface area contributed by atoms with Crippen molar-refractivity contribution in [3.8, 4) is 0 Å². The Balaban J connectivity index is 1.86. The van der Waals surface area contributed by atoms with E-state index in [-0.39, 0.29) is 5.97 Å². The average molecular weight is 324 g/mol. The first-order valence-corrected chi connectivity index (χ1v) is 8.61. The van der Waals surface area contributed by atoms with E-state index in [1.165, 1.54) is 24.8 Å². The Morgan fingerprint density at radius 1 is 1.38 bits per heavy atom. The highest BCUT2D eigenvalue weighted by atomic mass is 32.1. The lowest BCUT2D eigenvalue weighted by molar-refractivity contribution is 0.0601. The van der Waals surface area contributed by atoms with E-state index in [0.717, 1.165) is 29.8 Å². The van der Waals surface area contributed by atoms with Crippen LogP contribution in [0.5, 0.6) is 0 Å². The van der Waals surface area contributed by atoms with Gasteiger partial charge in [-0.15, -0.1) is 11.3 Å². The quantitative estimate of drug-likeness (QED) is 0.661. The maximum Gasteiger partial charge on any atom is 0.341 e. The molecule has 6 heteroatoms. The normalized spacial score (nSPS) is 20.6. The second kappa shape index (κ2) is 5.93. The molecule has 1 aromatic rings. The van der Waals surface area contributed by atoms with Crippen molar-refractivity contribution in [1.82, 2.24) is 5.32 Å². The molecule has 2 aliphatic rings. The van der Waals surface area contributed by atoms with Crippen LogP contribution in [0.15, 0.2) is 0 Å². The number of hydrogen-bond acceptors (Lipinski definition) is 4. The molecular formula is C15H20N2O2S2. The van der Waals surface area contributed by atoms with E-state index in [4.69, 9.17) is 17.0 Å². The number of esters is 1. The molecule has 0 spiro atoms. The first kappa shape index (κ1) is 14.8. The van der Waals surface area contributed by atoms with E-state index in [1.807, 2.05) is 0 Å². The van der Waals surface area contributed by atoms with Gasteiger partial charge in [0, 0.05) is 10.9 Å². The monoisotopic (exact) mass is 324 g/mol. The van der Waals surface area contributed by atoms with Gasteiger partial charge in [-0.25, -0.2) is 4.79 Å². The molecule has 21 heavy (non-hydrogen) atoms. The third kappa shape index (κ3) is 3.21. The molecule has 114 valence electrons. The summed E-state index contributed by atoms with van der Waals surface area (Å²) in [6.45, 7) is 2.26. The van der Waals surface area contributed by atoms with Gasteiger partial charge in [0.25, 0.3) is 0 Å². The Labute approximate surface area is 134 Å². The maximum atomic E-state index is 12.1. The van der Waals surface area contributed by atoms with Crippen LogP contribution in [0.3, 0.4) is 0 Å². The minimum absolute atomic E-state index is 0.265. The third-order valence-electron chi connectivity index (χ3n) is 4.04. The lowest BCUT2D eigenvalue weighted by Gasteiger charge is -2.18. The minimum atomic E-state index is -0.265. The molecule has 1 fully saturated rings. The first-order valence-electron chi connectivity index (χ1n) is 7.38. The zero-order valence-corrected chi connectivity index (χ0v) is 14.0. The molecule has 0 radical (unpaired) electrons. The van der Waals surface area contributed by atoms with Crippen LogP contribution in [0.1, 0.15) is 47.0 Å². The topological polar surface area (TPSA) is 50.4 Å². The predicted octanol–water partition coefficient (Wildman–Crippen LogP) is 3.11. The van der Waals surface area contributed by atoms with Gasteiger partial charge in [-0.3, -0.25) is 0 Å². The number of methoxy groups -OCH3 is 1. The van der Waals surface area contributed by atoms with E-state index < -0.39 is 0 Å². The third-order valence-corrected chi connectivity index (χ3v) is 5.43. The molecule has 0 bridgehead atoms. The van der Waals surface area contributed by atoms with Crippen molar-refractivity contribution in [2.75, 3.05) is 12.4 Å². The van der Waals surface area contributed by atoms with E-state index in [2.05, 4.69) is 17.6 Å². The average Bonchev–Trinajstić information content (AvgIpc) is 3.17. The molecule has 0 unspecified atom stereocenters. The number of hydrogen-bond donors (Lipinski definition) is 2. The molecule has 1 heterocycles. The number of anilines is 1. The van der Waals surface area contributed by atoms with Crippen molar-refractivity contribution >= 4 is 39.6 Å². The lowest BCUT2D eigenvalue weighted by atomic mass is 9.88. The molecule has 2 N–H and O–H groups in total. The number of carbonyl (C=O) groups excluding carboxylic acids is 1. The Morgan fingerprint density at radius 2 is 2.14 bits per heavy atom. The van der Waals surface area contributed by atoms with Crippen LogP contribution in [0.4, 0.5) is 5.00 Å². The van der Waals surface area contributed by atoms with Crippen LogP contribution in [0, 0.1) is 5.92 Å². The van der Waals surface area contributed by atoms with Crippen LogP contribution >= 0.6 is 23.6 Å². The summed E-state index contributed by atoms with van der Waals surface area (Å²) in [6, 6.07) is 0.501. The van der Waals surface area contributed by atoms with Gasteiger partial charge in [0.15, 0.2) is 5.11 Å². The standard InChI is InChI=1S/C15H20N2O2S2/c1-8-3-6-10-11(7-8)21-13(12(10)14(18)19-2)17-15(20)16-9-4-5-9/h8-9H,3-7H2,1-2H3,(H2,16,17,20)/t8-/m0/s1. The van der Waals surface area contributed by atoms with Crippen molar-refractivity contribution in [2.24, 2.45) is 5.92 Å². The fourth-order valence-electron chi connectivity index (χ4n) is 2.71. The number of thiocarbonyl (C=S) groups is 1. The molecule has 0 saturated heterocycles. The van der Waals surface area contributed by atoms with Crippen molar-refractivity contribution in [3.63, 3.8) is 0 Å². The molecule has 3 rings (SSSR count). The van der Waals surface area contributed by atoms with Crippen LogP contribution in [-0.2, 0) is 17.6 Å². The highest BCUT2D eigenvalue weighted by Gasteiger charge is 2.29. The lowest BCUT2D eigenvalue weighted by Crippen LogP contribution is -2.30. The Hall–Kier alpha value is -1.14. The predicted molar refractivity (Wildman–Crippen MR) is 89.2 cm³/mol. The maximum absolute atomic E-state index is 12.1. The molecule has 1 aromatic heterocycles. The van der Waals surface area contributed by atoms with Gasteiger partial charge >= 0.3 is 5.97 Å². The number of thiophene rings is 1. The smallest absolute Gasteiger partial charge is 0.341 e. The summed E-state index contributed by atoms with van der Waals surface area (Å²) in [5.74, 6) is 0.407. The summed E-state index contributed by atoms with van der Waals surface area (Å²) < 4.78 is 4.97. The highest BCUT2D eigenvalue weighted by Crippen LogP contribution is 2.40. The molecule has 1 saturated carbocycles. The molecule has 0 aromatic carbocycles. The zero-order chi connectivity index (χ0) is 15.0. The number of fused-ring (bicyclic) bond motifs is 1. The largest absolute Gasteiger partial charge is 0.465 e. The molecule has 1 atom stereocenters. The van der Waals surface area contributed by atoms with E-state index >= 15 is 0 Å². The summed E-state index contributed by atoms with van der Waals surface area (Å²) in [5, 5.41) is 7.90. The number of rotatable bonds is 3. The van der Waals surface area contributed by atoms with Crippen LogP contribution in [0.25, 0.3) is 0 Å². The van der Waals surface area contributed by atoms with E-state index in [9.17, 15) is 4.79 Å². The van der Waals surface area contributed by atoms with Crippen molar-refractivity contribution in [3.05, 3.63) is 16.0 Å². The van der Waals surface area contributed by atoms with E-state index in [0.29, 0.717) is 22.6 Å². The second-order valence-corrected chi connectivity index (χ2v) is 7.43. The molecule has 0 aliphatic heterocycles. The van der Waals surface area contributed by atoms with Crippen LogP contribution in [-0.4, -0.2) is 24.2 Å². The summed E-state index contributed by atoms with van der Waals surface area (Å²) in [6.07, 6.45) is 5.45. The Kier molecular flexibility index (Phi) is 4.17. The van der Waals surface area contributed by atoms with E-state index in [1.54, 1.807) is 11.3 Å². The van der Waals surface area contributed by atoms with Gasteiger partial charge in [0.1, 0.15) is 5.00 Å². The molecule has 4 nitrogen and oxygen atoms in total. The molecule has 2 aliphatic carbocycles. The Morgan fingerprint density at radius 3 is 2.81 bits per heavy atom. The summed E-state index contributed by atoms with van der Waals surface area (Å²) in [5.41, 5.74) is 1.84. The molecular weight excluding hydrogens is 304 g/mol. The van der Waals surface area contributed by atoms with Crippen molar-refractivity contribution < 1.29 is 9.53 Å². The fraction of sp³-hybridized carbons (Fsp3) is 0.600. The SMILES string of the molecule is COC(=O)c1c(NC(=S)NC2CC2)sc2c1CC[C@H](C)C2. The van der Waals surface area contributed by atoms with Gasteiger partial charge in [-0.1, -0.05) is 6.92 Å². The van der Waals surface area contributed by atoms with Gasteiger partial charge < -0.3 is 15.4 Å². The van der Waals surface area contributed by atoms with Gasteiger partial charge in [-0.05, 0) is 55.8 Å². The summed E-state index contributed by atoms with van der Waals surface area (Å²) >= 11 is 6.98. The highest BCUT2D eigenvalue weighted by molar-refractivity contribution is 7.80. The summed E-state index contributed by atoms with van der Waals surface area (Å²) in [7, 11) is 1.43. The number of carbonyl (C=O) groups is 1.